The van der Waals surface area contributed by atoms with Crippen molar-refractivity contribution < 1.29 is 24.2 Å². The van der Waals surface area contributed by atoms with Gasteiger partial charge in [0.25, 0.3) is 0 Å². The highest BCUT2D eigenvalue weighted by molar-refractivity contribution is 7.51. The molecule has 0 aliphatic heterocycles. The van der Waals surface area contributed by atoms with Crippen LogP contribution in [-0.2, 0) is 9.30 Å². The summed E-state index contributed by atoms with van der Waals surface area (Å²) >= 11 is 0. The molecule has 0 aromatic rings. The van der Waals surface area contributed by atoms with E-state index in [1.54, 1.807) is 0 Å². The molecule has 1 saturated carbocycles. The molecule has 84 valence electrons. The van der Waals surface area contributed by atoms with Gasteiger partial charge in [-0.15, -0.1) is 0 Å². The molecule has 6 heteroatoms. The van der Waals surface area contributed by atoms with Gasteiger partial charge >= 0.3 is 7.60 Å². The number of aliphatic hydroxyl groups is 1. The minimum absolute atomic E-state index is 0.155. The van der Waals surface area contributed by atoms with Gasteiger partial charge in [0.1, 0.15) is 6.35 Å². The zero-order valence-corrected chi connectivity index (χ0v) is 9.11. The number of hydrogen-bond acceptors (Lipinski definition) is 3. The van der Waals surface area contributed by atoms with Crippen LogP contribution in [0.1, 0.15) is 26.2 Å². The molecule has 14 heavy (non-hydrogen) atoms. The molecule has 0 aromatic heterocycles. The average Bonchev–Trinajstić information content (AvgIpc) is 2.76. The van der Waals surface area contributed by atoms with Gasteiger partial charge in [-0.1, -0.05) is 13.3 Å². The van der Waals surface area contributed by atoms with Crippen LogP contribution in [-0.4, -0.2) is 33.4 Å². The van der Waals surface area contributed by atoms with E-state index in [0.717, 1.165) is 12.8 Å². The van der Waals surface area contributed by atoms with Gasteiger partial charge in [0.05, 0.1) is 12.2 Å². The number of aliphatic hydroxyl groups excluding tert-OH is 1. The van der Waals surface area contributed by atoms with E-state index < -0.39 is 19.5 Å². The maximum Gasteiger partial charge on any atom is 0.351 e. The first-order chi connectivity index (χ1) is 6.43. The molecule has 5 nitrogen and oxygen atoms in total. The third kappa shape index (κ3) is 3.04. The fourth-order valence-electron chi connectivity index (χ4n) is 1.70. The molecule has 0 bridgehead atoms. The van der Waals surface area contributed by atoms with Crippen molar-refractivity contribution in [2.24, 2.45) is 5.92 Å². The summed E-state index contributed by atoms with van der Waals surface area (Å²) in [4.78, 5) is 17.2. The van der Waals surface area contributed by atoms with Gasteiger partial charge in [-0.2, -0.15) is 0 Å². The zero-order valence-electron chi connectivity index (χ0n) is 8.22. The van der Waals surface area contributed by atoms with Gasteiger partial charge in [0.15, 0.2) is 0 Å². The predicted octanol–water partition coefficient (Wildman–Crippen LogP) is 0.689. The van der Waals surface area contributed by atoms with Crippen molar-refractivity contribution in [2.75, 3.05) is 13.0 Å². The second-order valence-corrected chi connectivity index (χ2v) is 5.44. The molecule has 0 saturated heterocycles. The third-order valence-electron chi connectivity index (χ3n) is 2.60. The lowest BCUT2D eigenvalue weighted by Gasteiger charge is -2.16. The fraction of sp³-hybridized carbons (Fsp3) is 1.00. The summed E-state index contributed by atoms with van der Waals surface area (Å²) in [6.07, 6.45) is 2.04. The summed E-state index contributed by atoms with van der Waals surface area (Å²) in [6, 6.07) is 0. The van der Waals surface area contributed by atoms with Crippen LogP contribution >= 0.6 is 7.60 Å². The molecule has 0 amide bonds. The Balaban J connectivity index is 2.39. The molecule has 3 N–H and O–H groups in total. The third-order valence-corrected chi connectivity index (χ3v) is 3.07. The summed E-state index contributed by atoms with van der Waals surface area (Å²) < 4.78 is 15.7. The Bertz CT molecular complexity index is 238. The summed E-state index contributed by atoms with van der Waals surface area (Å²) in [6.45, 7) is 1.88. The summed E-state index contributed by atoms with van der Waals surface area (Å²) in [5, 5.41) is 9.07. The average molecular weight is 224 g/mol. The summed E-state index contributed by atoms with van der Waals surface area (Å²) in [5.74, 6) is 0.254. The SMILES string of the molecule is CCCC1CC1(CO)OCP(=O)(O)O. The van der Waals surface area contributed by atoms with Gasteiger partial charge in [-0.3, -0.25) is 4.57 Å². The molecule has 1 aliphatic carbocycles. The zero-order chi connectivity index (χ0) is 10.8. The van der Waals surface area contributed by atoms with Crippen molar-refractivity contribution >= 4 is 7.60 Å². The minimum atomic E-state index is -4.11. The Morgan fingerprint density at radius 2 is 2.21 bits per heavy atom. The number of rotatable bonds is 6. The molecule has 1 fully saturated rings. The second kappa shape index (κ2) is 4.29. The van der Waals surface area contributed by atoms with Crippen LogP contribution in [0.5, 0.6) is 0 Å². The van der Waals surface area contributed by atoms with Crippen LogP contribution in [0.15, 0.2) is 0 Å². The van der Waals surface area contributed by atoms with Crippen molar-refractivity contribution in [3.8, 4) is 0 Å². The Morgan fingerprint density at radius 3 is 2.64 bits per heavy atom. The highest BCUT2D eigenvalue weighted by atomic mass is 31.2. The number of hydrogen-bond donors (Lipinski definition) is 3. The summed E-state index contributed by atoms with van der Waals surface area (Å²) in [5.41, 5.74) is -0.670. The molecule has 2 unspecified atom stereocenters. The Kier molecular flexibility index (Phi) is 3.72. The summed E-state index contributed by atoms with van der Waals surface area (Å²) in [7, 11) is -4.11. The van der Waals surface area contributed by atoms with Crippen LogP contribution in [0.2, 0.25) is 0 Å². The lowest BCUT2D eigenvalue weighted by molar-refractivity contribution is -0.00263. The molecule has 1 aliphatic rings. The lowest BCUT2D eigenvalue weighted by Crippen LogP contribution is -2.23. The molecule has 0 aromatic carbocycles. The topological polar surface area (TPSA) is 87.0 Å². The second-order valence-electron chi connectivity index (χ2n) is 3.85. The van der Waals surface area contributed by atoms with E-state index in [-0.39, 0.29) is 12.5 Å². The van der Waals surface area contributed by atoms with Crippen LogP contribution in [0, 0.1) is 5.92 Å². The Hall–Kier alpha value is 0.0700. The van der Waals surface area contributed by atoms with Gasteiger partial charge in [-0.25, -0.2) is 0 Å². The minimum Gasteiger partial charge on any atom is -0.393 e. The van der Waals surface area contributed by atoms with Crippen molar-refractivity contribution in [1.29, 1.82) is 0 Å². The van der Waals surface area contributed by atoms with E-state index in [1.807, 2.05) is 6.92 Å². The van der Waals surface area contributed by atoms with E-state index >= 15 is 0 Å². The van der Waals surface area contributed by atoms with Crippen LogP contribution in [0.3, 0.4) is 0 Å². The van der Waals surface area contributed by atoms with E-state index in [0.29, 0.717) is 6.42 Å². The monoisotopic (exact) mass is 224 g/mol. The normalized spacial score (nSPS) is 31.9. The van der Waals surface area contributed by atoms with Crippen molar-refractivity contribution in [2.45, 2.75) is 31.8 Å². The van der Waals surface area contributed by atoms with Crippen molar-refractivity contribution in [3.05, 3.63) is 0 Å². The first-order valence-electron chi connectivity index (χ1n) is 4.73. The Labute approximate surface area is 83.2 Å². The first-order valence-corrected chi connectivity index (χ1v) is 6.52. The first kappa shape index (κ1) is 12.1. The molecule has 1 rings (SSSR count). The molecular weight excluding hydrogens is 207 g/mol. The molecule has 0 radical (unpaired) electrons. The fourth-order valence-corrected chi connectivity index (χ4v) is 2.13. The molecule has 0 heterocycles. The van der Waals surface area contributed by atoms with Crippen LogP contribution in [0.4, 0.5) is 0 Å². The highest BCUT2D eigenvalue weighted by Gasteiger charge is 2.55. The van der Waals surface area contributed by atoms with E-state index in [9.17, 15) is 4.57 Å². The Morgan fingerprint density at radius 1 is 1.57 bits per heavy atom. The quantitative estimate of drug-likeness (QED) is 0.578. The van der Waals surface area contributed by atoms with Crippen molar-refractivity contribution in [3.63, 3.8) is 0 Å². The van der Waals surface area contributed by atoms with Gasteiger partial charge in [-0.05, 0) is 18.8 Å². The lowest BCUT2D eigenvalue weighted by atomic mass is 10.2. The molecular formula is C8H17O5P. The smallest absolute Gasteiger partial charge is 0.351 e. The van der Waals surface area contributed by atoms with Crippen LogP contribution in [0.25, 0.3) is 0 Å². The standard InChI is InChI=1S/C8H17O5P/c1-2-3-7-4-8(7,5-9)13-6-14(10,11)12/h7,9H,2-6H2,1H3,(H2,10,11,12). The van der Waals surface area contributed by atoms with Gasteiger partial charge < -0.3 is 19.6 Å². The predicted molar refractivity (Wildman–Crippen MR) is 50.8 cm³/mol. The largest absolute Gasteiger partial charge is 0.393 e. The maximum atomic E-state index is 10.6. The van der Waals surface area contributed by atoms with E-state index in [2.05, 4.69) is 0 Å². The van der Waals surface area contributed by atoms with Gasteiger partial charge in [0.2, 0.25) is 0 Å². The van der Waals surface area contributed by atoms with E-state index in [1.165, 1.54) is 0 Å². The molecule has 2 atom stereocenters. The van der Waals surface area contributed by atoms with Crippen LogP contribution < -0.4 is 0 Å². The number of ether oxygens (including phenoxy) is 1. The molecule has 0 spiro atoms. The highest BCUT2D eigenvalue weighted by Crippen LogP contribution is 2.51. The van der Waals surface area contributed by atoms with Crippen molar-refractivity contribution in [1.82, 2.24) is 0 Å². The van der Waals surface area contributed by atoms with E-state index in [4.69, 9.17) is 19.6 Å². The maximum absolute atomic E-state index is 10.6. The van der Waals surface area contributed by atoms with Gasteiger partial charge in [0, 0.05) is 0 Å².